The summed E-state index contributed by atoms with van der Waals surface area (Å²) in [6.45, 7) is 9.03. The number of likely N-dealkylation sites (N-methyl/N-ethyl adjacent to an activating group) is 1. The Balaban J connectivity index is 2.00. The van der Waals surface area contributed by atoms with Crippen LogP contribution in [-0.2, 0) is 6.42 Å². The second-order valence-electron chi connectivity index (χ2n) is 7.36. The van der Waals surface area contributed by atoms with Crippen LogP contribution in [0.2, 0.25) is 0 Å². The minimum absolute atomic E-state index is 0.0390. The molecule has 27 heavy (non-hydrogen) atoms. The number of carbonyl (C=O) groups is 1. The van der Waals surface area contributed by atoms with Gasteiger partial charge in [-0.1, -0.05) is 37.6 Å². The van der Waals surface area contributed by atoms with Gasteiger partial charge in [0.2, 0.25) is 5.56 Å². The third-order valence-electron chi connectivity index (χ3n) is 4.92. The molecule has 0 fully saturated rings. The molecular weight excluding hydrogens is 338 g/mol. The van der Waals surface area contributed by atoms with Crippen molar-refractivity contribution >= 4 is 5.91 Å². The summed E-state index contributed by atoms with van der Waals surface area (Å²) in [6, 6.07) is 11.7. The standard InChI is InChI=1S/C22H31N3O2/c1-6-9-19-12-18(13-21(26)24-19)22(27)23-16(3)14-25(5)17(4)20-11-8-7-10-15(20)2/h7-8,10-13,16-17H,6,9,14H2,1-5H3,(H,23,27)(H,24,26). The topological polar surface area (TPSA) is 65.2 Å². The summed E-state index contributed by atoms with van der Waals surface area (Å²) in [5, 5.41) is 3.01. The van der Waals surface area contributed by atoms with Crippen LogP contribution in [0.25, 0.3) is 0 Å². The highest BCUT2D eigenvalue weighted by Crippen LogP contribution is 2.22. The predicted octanol–water partition coefficient (Wildman–Crippen LogP) is 3.45. The SMILES string of the molecule is CCCc1cc(C(=O)NC(C)CN(C)C(C)c2ccccc2C)cc(=O)[nH]1. The van der Waals surface area contributed by atoms with Gasteiger partial charge in [0.25, 0.3) is 5.91 Å². The number of pyridine rings is 1. The quantitative estimate of drug-likeness (QED) is 0.749. The Bertz CT molecular complexity index is 828. The number of benzene rings is 1. The smallest absolute Gasteiger partial charge is 0.251 e. The number of hydrogen-bond acceptors (Lipinski definition) is 3. The number of amides is 1. The lowest BCUT2D eigenvalue weighted by molar-refractivity contribution is 0.0927. The number of aromatic nitrogens is 1. The van der Waals surface area contributed by atoms with Crippen LogP contribution in [0.5, 0.6) is 0 Å². The first-order valence-corrected chi connectivity index (χ1v) is 9.61. The predicted molar refractivity (Wildman–Crippen MR) is 110 cm³/mol. The van der Waals surface area contributed by atoms with E-state index in [1.165, 1.54) is 17.2 Å². The van der Waals surface area contributed by atoms with Crippen molar-refractivity contribution in [2.45, 2.75) is 52.6 Å². The number of H-pyrrole nitrogens is 1. The Hall–Kier alpha value is -2.40. The van der Waals surface area contributed by atoms with Crippen molar-refractivity contribution < 1.29 is 4.79 Å². The molecule has 146 valence electrons. The molecule has 0 saturated heterocycles. The van der Waals surface area contributed by atoms with Gasteiger partial charge in [-0.2, -0.15) is 0 Å². The number of aromatic amines is 1. The highest BCUT2D eigenvalue weighted by Gasteiger charge is 2.18. The molecule has 2 rings (SSSR count). The lowest BCUT2D eigenvalue weighted by Crippen LogP contribution is -2.41. The number of aryl methyl sites for hydroxylation is 2. The van der Waals surface area contributed by atoms with E-state index >= 15 is 0 Å². The molecule has 2 atom stereocenters. The summed E-state index contributed by atoms with van der Waals surface area (Å²) in [6.07, 6.45) is 1.67. The molecule has 0 radical (unpaired) electrons. The van der Waals surface area contributed by atoms with Crippen molar-refractivity contribution in [3.8, 4) is 0 Å². The lowest BCUT2D eigenvalue weighted by atomic mass is 10.0. The van der Waals surface area contributed by atoms with Crippen molar-refractivity contribution in [2.75, 3.05) is 13.6 Å². The Morgan fingerprint density at radius 1 is 1.22 bits per heavy atom. The monoisotopic (exact) mass is 369 g/mol. The van der Waals surface area contributed by atoms with Crippen LogP contribution in [0, 0.1) is 6.92 Å². The van der Waals surface area contributed by atoms with E-state index in [0.717, 1.165) is 18.5 Å². The third-order valence-corrected chi connectivity index (χ3v) is 4.92. The molecule has 0 spiro atoms. The number of rotatable bonds is 8. The molecule has 0 aliphatic heterocycles. The van der Waals surface area contributed by atoms with Crippen molar-refractivity contribution in [2.24, 2.45) is 0 Å². The van der Waals surface area contributed by atoms with Gasteiger partial charge in [-0.25, -0.2) is 0 Å². The van der Waals surface area contributed by atoms with Crippen LogP contribution in [0.15, 0.2) is 41.2 Å². The number of nitrogens with one attached hydrogen (secondary N) is 2. The van der Waals surface area contributed by atoms with E-state index in [1.807, 2.05) is 19.9 Å². The minimum Gasteiger partial charge on any atom is -0.348 e. The molecule has 0 aliphatic rings. The molecule has 5 nitrogen and oxygen atoms in total. The molecule has 0 bridgehead atoms. The van der Waals surface area contributed by atoms with Crippen LogP contribution in [-0.4, -0.2) is 35.4 Å². The van der Waals surface area contributed by atoms with Gasteiger partial charge in [-0.05, 0) is 51.4 Å². The van der Waals surface area contributed by atoms with Crippen LogP contribution in [0.3, 0.4) is 0 Å². The Morgan fingerprint density at radius 3 is 2.59 bits per heavy atom. The van der Waals surface area contributed by atoms with Crippen molar-refractivity contribution in [3.05, 3.63) is 69.1 Å². The number of hydrogen-bond donors (Lipinski definition) is 2. The second kappa shape index (κ2) is 9.51. The summed E-state index contributed by atoms with van der Waals surface area (Å²) in [4.78, 5) is 29.4. The summed E-state index contributed by atoms with van der Waals surface area (Å²) in [5.74, 6) is -0.206. The Kier molecular flexibility index (Phi) is 7.36. The van der Waals surface area contributed by atoms with E-state index in [0.29, 0.717) is 12.1 Å². The van der Waals surface area contributed by atoms with E-state index < -0.39 is 0 Å². The van der Waals surface area contributed by atoms with Gasteiger partial charge < -0.3 is 10.3 Å². The summed E-state index contributed by atoms with van der Waals surface area (Å²) in [5.41, 5.74) is 3.54. The lowest BCUT2D eigenvalue weighted by Gasteiger charge is -2.29. The van der Waals surface area contributed by atoms with E-state index in [-0.39, 0.29) is 23.6 Å². The second-order valence-corrected chi connectivity index (χ2v) is 7.36. The normalized spacial score (nSPS) is 13.4. The highest BCUT2D eigenvalue weighted by molar-refractivity contribution is 5.94. The van der Waals surface area contributed by atoms with Gasteiger partial charge in [0, 0.05) is 36.0 Å². The first kappa shape index (κ1) is 20.9. The maximum Gasteiger partial charge on any atom is 0.251 e. The molecular formula is C22H31N3O2. The van der Waals surface area contributed by atoms with Crippen LogP contribution in [0.4, 0.5) is 0 Å². The van der Waals surface area contributed by atoms with Crippen molar-refractivity contribution in [1.82, 2.24) is 15.2 Å². The zero-order valence-corrected chi connectivity index (χ0v) is 17.0. The fourth-order valence-electron chi connectivity index (χ4n) is 3.37. The zero-order chi connectivity index (χ0) is 20.0. The maximum absolute atomic E-state index is 12.6. The Morgan fingerprint density at radius 2 is 1.93 bits per heavy atom. The summed E-state index contributed by atoms with van der Waals surface area (Å²) >= 11 is 0. The molecule has 1 aromatic carbocycles. The highest BCUT2D eigenvalue weighted by atomic mass is 16.2. The van der Waals surface area contributed by atoms with Crippen molar-refractivity contribution in [1.29, 1.82) is 0 Å². The van der Waals surface area contributed by atoms with E-state index in [2.05, 4.69) is 54.3 Å². The number of nitrogens with zero attached hydrogens (tertiary/aromatic N) is 1. The molecule has 1 aromatic heterocycles. The Labute approximate surface area is 161 Å². The van der Waals surface area contributed by atoms with Gasteiger partial charge in [0.05, 0.1) is 0 Å². The van der Waals surface area contributed by atoms with E-state index in [4.69, 9.17) is 0 Å². The summed E-state index contributed by atoms with van der Waals surface area (Å²) in [7, 11) is 2.06. The van der Waals surface area contributed by atoms with Gasteiger partial charge >= 0.3 is 0 Å². The van der Waals surface area contributed by atoms with Crippen molar-refractivity contribution in [3.63, 3.8) is 0 Å². The first-order valence-electron chi connectivity index (χ1n) is 9.61. The van der Waals surface area contributed by atoms with E-state index in [1.54, 1.807) is 6.07 Å². The molecule has 2 aromatic rings. The zero-order valence-electron chi connectivity index (χ0n) is 17.0. The molecule has 2 N–H and O–H groups in total. The minimum atomic E-state index is -0.232. The average molecular weight is 370 g/mol. The molecule has 1 amide bonds. The molecule has 2 unspecified atom stereocenters. The van der Waals surface area contributed by atoms with Crippen LogP contribution >= 0.6 is 0 Å². The summed E-state index contributed by atoms with van der Waals surface area (Å²) < 4.78 is 0. The average Bonchev–Trinajstić information content (AvgIpc) is 2.61. The van der Waals surface area contributed by atoms with Gasteiger partial charge in [-0.15, -0.1) is 0 Å². The van der Waals surface area contributed by atoms with Gasteiger partial charge in [0.1, 0.15) is 0 Å². The first-order chi connectivity index (χ1) is 12.8. The molecule has 0 aliphatic carbocycles. The molecule has 1 heterocycles. The van der Waals surface area contributed by atoms with Crippen LogP contribution < -0.4 is 10.9 Å². The van der Waals surface area contributed by atoms with Gasteiger partial charge in [-0.3, -0.25) is 14.5 Å². The number of carbonyl (C=O) groups excluding carboxylic acids is 1. The van der Waals surface area contributed by atoms with Gasteiger partial charge in [0.15, 0.2) is 0 Å². The molecule has 5 heteroatoms. The van der Waals surface area contributed by atoms with Crippen LogP contribution in [0.1, 0.15) is 60.4 Å². The molecule has 0 saturated carbocycles. The maximum atomic E-state index is 12.6. The fourth-order valence-corrected chi connectivity index (χ4v) is 3.37. The largest absolute Gasteiger partial charge is 0.348 e. The fraction of sp³-hybridized carbons (Fsp3) is 0.455. The van der Waals surface area contributed by atoms with E-state index in [9.17, 15) is 9.59 Å². The third kappa shape index (κ3) is 5.79.